The van der Waals surface area contributed by atoms with Crippen molar-refractivity contribution in [1.29, 1.82) is 0 Å². The molecule has 0 spiro atoms. The van der Waals surface area contributed by atoms with Crippen molar-refractivity contribution in [3.05, 3.63) is 41.6 Å². The minimum Gasteiger partial charge on any atom is -0.338 e. The first-order chi connectivity index (χ1) is 8.20. The van der Waals surface area contributed by atoms with Crippen LogP contribution in [0.1, 0.15) is 42.4 Å². The highest BCUT2D eigenvalue weighted by molar-refractivity contribution is 6.13. The van der Waals surface area contributed by atoms with E-state index in [0.29, 0.717) is 12.5 Å². The maximum Gasteiger partial charge on any atom is 0.169 e. The van der Waals surface area contributed by atoms with E-state index in [4.69, 9.17) is 0 Å². The molecule has 0 N–H and O–H groups in total. The Balaban J connectivity index is 2.48. The normalized spacial score (nSPS) is 14.6. The number of para-hydroxylation sites is 1. The van der Waals surface area contributed by atoms with Gasteiger partial charge in [-0.15, -0.1) is 0 Å². The Hall–Kier alpha value is -1.83. The van der Waals surface area contributed by atoms with Gasteiger partial charge in [0.2, 0.25) is 0 Å². The Bertz CT molecular complexity index is 632. The van der Waals surface area contributed by atoms with E-state index in [1.54, 1.807) is 0 Å². The predicted molar refractivity (Wildman–Crippen MR) is 70.3 cm³/mol. The first-order valence-electron chi connectivity index (χ1n) is 6.03. The zero-order valence-corrected chi connectivity index (χ0v) is 10.1. The van der Waals surface area contributed by atoms with Crippen LogP contribution in [-0.2, 0) is 0 Å². The van der Waals surface area contributed by atoms with Gasteiger partial charge in [0, 0.05) is 23.4 Å². The highest BCUT2D eigenvalue weighted by atomic mass is 16.1. The van der Waals surface area contributed by atoms with Gasteiger partial charge in [0.1, 0.15) is 0 Å². The number of nitrogens with zero attached hydrogens (tertiary/aromatic N) is 1. The Morgan fingerprint density at radius 1 is 1.24 bits per heavy atom. The lowest BCUT2D eigenvalue weighted by molar-refractivity contribution is 0.0996. The first-order valence-corrected chi connectivity index (χ1v) is 6.03. The topological polar surface area (TPSA) is 22.0 Å². The van der Waals surface area contributed by atoms with E-state index in [2.05, 4.69) is 30.6 Å². The third-order valence-electron chi connectivity index (χ3n) is 3.32. The summed E-state index contributed by atoms with van der Waals surface area (Å²) in [4.78, 5) is 12.1. The van der Waals surface area contributed by atoms with E-state index in [1.807, 2.05) is 24.3 Å². The van der Waals surface area contributed by atoms with Gasteiger partial charge in [-0.25, -0.2) is 0 Å². The predicted octanol–water partition coefficient (Wildman–Crippen LogP) is 3.82. The molecular formula is C15H15NO. The van der Waals surface area contributed by atoms with Crippen LogP contribution in [0, 0.1) is 0 Å². The molecule has 1 heterocycles. The molecule has 1 aromatic carbocycles. The lowest BCUT2D eigenvalue weighted by atomic mass is 9.99. The van der Waals surface area contributed by atoms with E-state index in [-0.39, 0.29) is 5.78 Å². The fourth-order valence-electron chi connectivity index (χ4n) is 2.68. The van der Waals surface area contributed by atoms with Crippen molar-refractivity contribution in [1.82, 2.24) is 4.57 Å². The largest absolute Gasteiger partial charge is 0.338 e. The van der Waals surface area contributed by atoms with Crippen LogP contribution >= 0.6 is 0 Å². The maximum atomic E-state index is 12.1. The molecule has 2 nitrogen and oxygen atoms in total. The SMILES string of the molecule is CC(C)n1c2c(c3ccccc31)C(=O)CC=C2. The number of Topliss-reactive ketones (excluding diaryl/α,β-unsaturated/α-hetero) is 1. The molecule has 0 fully saturated rings. The van der Waals surface area contributed by atoms with Crippen molar-refractivity contribution < 1.29 is 4.79 Å². The number of hydrogen-bond acceptors (Lipinski definition) is 1. The van der Waals surface area contributed by atoms with Crippen molar-refractivity contribution in [3.63, 3.8) is 0 Å². The van der Waals surface area contributed by atoms with Crippen LogP contribution in [-0.4, -0.2) is 10.4 Å². The molecule has 1 aliphatic carbocycles. The molecule has 3 rings (SSSR count). The van der Waals surface area contributed by atoms with E-state index in [9.17, 15) is 4.79 Å². The zero-order valence-electron chi connectivity index (χ0n) is 10.1. The fraction of sp³-hybridized carbons (Fsp3) is 0.267. The van der Waals surface area contributed by atoms with Crippen molar-refractivity contribution in [2.45, 2.75) is 26.3 Å². The highest BCUT2D eigenvalue weighted by Gasteiger charge is 2.23. The molecule has 0 unspecified atom stereocenters. The second-order valence-corrected chi connectivity index (χ2v) is 4.77. The van der Waals surface area contributed by atoms with Crippen LogP contribution in [0.5, 0.6) is 0 Å². The number of fused-ring (bicyclic) bond motifs is 3. The highest BCUT2D eigenvalue weighted by Crippen LogP contribution is 2.33. The molecule has 0 saturated heterocycles. The molecule has 1 aromatic heterocycles. The minimum absolute atomic E-state index is 0.234. The van der Waals surface area contributed by atoms with Gasteiger partial charge >= 0.3 is 0 Å². The molecule has 0 saturated carbocycles. The van der Waals surface area contributed by atoms with Crippen molar-refractivity contribution in [2.24, 2.45) is 0 Å². The molecule has 0 amide bonds. The first kappa shape index (κ1) is 10.3. The lowest BCUT2D eigenvalue weighted by Gasteiger charge is -2.14. The summed E-state index contributed by atoms with van der Waals surface area (Å²) >= 11 is 0. The number of carbonyl (C=O) groups is 1. The lowest BCUT2D eigenvalue weighted by Crippen LogP contribution is -2.08. The maximum absolute atomic E-state index is 12.1. The summed E-state index contributed by atoms with van der Waals surface area (Å²) in [6.45, 7) is 4.30. The molecule has 2 heteroatoms. The average Bonchev–Trinajstić information content (AvgIpc) is 2.64. The number of benzene rings is 1. The van der Waals surface area contributed by atoms with Gasteiger partial charge in [0.15, 0.2) is 5.78 Å². The number of ketones is 1. The summed E-state index contributed by atoms with van der Waals surface area (Å²) < 4.78 is 2.25. The summed E-state index contributed by atoms with van der Waals surface area (Å²) in [5.41, 5.74) is 3.13. The van der Waals surface area contributed by atoms with Crippen molar-refractivity contribution in [2.75, 3.05) is 0 Å². The third kappa shape index (κ3) is 1.37. The van der Waals surface area contributed by atoms with E-state index in [0.717, 1.165) is 22.2 Å². The average molecular weight is 225 g/mol. The molecule has 1 aliphatic rings. The van der Waals surface area contributed by atoms with Gasteiger partial charge in [0.25, 0.3) is 0 Å². The quantitative estimate of drug-likeness (QED) is 0.723. The Labute approximate surface area is 101 Å². The molecule has 86 valence electrons. The van der Waals surface area contributed by atoms with Gasteiger partial charge in [-0.3, -0.25) is 4.79 Å². The van der Waals surface area contributed by atoms with Crippen LogP contribution < -0.4 is 0 Å². The van der Waals surface area contributed by atoms with Gasteiger partial charge < -0.3 is 4.57 Å². The Kier molecular flexibility index (Phi) is 2.18. The summed E-state index contributed by atoms with van der Waals surface area (Å²) in [5.74, 6) is 0.234. The number of allylic oxidation sites excluding steroid dienone is 1. The Morgan fingerprint density at radius 2 is 2.00 bits per heavy atom. The van der Waals surface area contributed by atoms with Crippen molar-refractivity contribution in [3.8, 4) is 0 Å². The minimum atomic E-state index is 0.234. The van der Waals surface area contributed by atoms with Gasteiger partial charge in [-0.05, 0) is 26.0 Å². The smallest absolute Gasteiger partial charge is 0.169 e. The summed E-state index contributed by atoms with van der Waals surface area (Å²) in [5, 5.41) is 1.09. The standard InChI is InChI=1S/C15H15NO/c1-10(2)16-12-7-4-3-6-11(12)15-13(16)8-5-9-14(15)17/h3-8,10H,9H2,1-2H3. The number of hydrogen-bond donors (Lipinski definition) is 0. The number of aromatic nitrogens is 1. The van der Waals surface area contributed by atoms with E-state index >= 15 is 0 Å². The number of carbonyl (C=O) groups excluding carboxylic acids is 1. The third-order valence-corrected chi connectivity index (χ3v) is 3.32. The summed E-state index contributed by atoms with van der Waals surface area (Å²) in [6, 6.07) is 8.53. The second kappa shape index (κ2) is 3.59. The molecule has 17 heavy (non-hydrogen) atoms. The van der Waals surface area contributed by atoms with Crippen LogP contribution in [0.4, 0.5) is 0 Å². The van der Waals surface area contributed by atoms with Gasteiger partial charge in [-0.1, -0.05) is 24.3 Å². The fourth-order valence-corrected chi connectivity index (χ4v) is 2.68. The molecule has 2 aromatic rings. The molecule has 0 atom stereocenters. The van der Waals surface area contributed by atoms with E-state index in [1.165, 1.54) is 0 Å². The molecule has 0 radical (unpaired) electrons. The number of rotatable bonds is 1. The summed E-state index contributed by atoms with van der Waals surface area (Å²) in [6.07, 6.45) is 4.57. The molecule has 0 aliphatic heterocycles. The molecular weight excluding hydrogens is 210 g/mol. The van der Waals surface area contributed by atoms with Crippen LogP contribution in [0.25, 0.3) is 17.0 Å². The van der Waals surface area contributed by atoms with E-state index < -0.39 is 0 Å². The Morgan fingerprint density at radius 3 is 2.76 bits per heavy atom. The van der Waals surface area contributed by atoms with Crippen molar-refractivity contribution >= 4 is 22.8 Å². The monoisotopic (exact) mass is 225 g/mol. The summed E-state index contributed by atoms with van der Waals surface area (Å²) in [7, 11) is 0. The molecule has 0 bridgehead atoms. The van der Waals surface area contributed by atoms with Gasteiger partial charge in [-0.2, -0.15) is 0 Å². The van der Waals surface area contributed by atoms with Crippen LogP contribution in [0.2, 0.25) is 0 Å². The second-order valence-electron chi connectivity index (χ2n) is 4.77. The van der Waals surface area contributed by atoms with Crippen LogP contribution in [0.15, 0.2) is 30.3 Å². The van der Waals surface area contributed by atoms with Crippen LogP contribution in [0.3, 0.4) is 0 Å². The van der Waals surface area contributed by atoms with Gasteiger partial charge in [0.05, 0.1) is 11.3 Å². The zero-order chi connectivity index (χ0) is 12.0.